The summed E-state index contributed by atoms with van der Waals surface area (Å²) >= 11 is 0. The second-order valence-electron chi connectivity index (χ2n) is 19.5. The molecule has 0 bridgehead atoms. The van der Waals surface area contributed by atoms with Crippen LogP contribution in [0.1, 0.15) is 0 Å². The van der Waals surface area contributed by atoms with Crippen LogP contribution in [0, 0.1) is 0 Å². The van der Waals surface area contributed by atoms with E-state index in [1.165, 1.54) is 37.7 Å². The van der Waals surface area contributed by atoms with Gasteiger partial charge in [-0.25, -0.2) is 15.0 Å². The second-order valence-corrected chi connectivity index (χ2v) is 19.5. The van der Waals surface area contributed by atoms with Crippen molar-refractivity contribution in [3.05, 3.63) is 261 Å². The van der Waals surface area contributed by atoms with Crippen LogP contribution in [0.25, 0.3) is 144 Å². The minimum Gasteiger partial charge on any atom is -0.309 e. The van der Waals surface area contributed by atoms with Crippen LogP contribution in [0.15, 0.2) is 261 Å². The molecule has 0 fully saturated rings. The van der Waals surface area contributed by atoms with Crippen LogP contribution in [0.5, 0.6) is 0 Å². The molecule has 16 aromatic rings. The first-order valence-electron chi connectivity index (χ1n) is 25.8. The molecule has 5 aromatic heterocycles. The van der Waals surface area contributed by atoms with Gasteiger partial charge >= 0.3 is 0 Å². The van der Waals surface area contributed by atoms with E-state index < -0.39 is 0 Å². The molecule has 0 saturated heterocycles. The molecule has 354 valence electrons. The number of nitrogens with zero attached hydrogens (tertiary/aromatic N) is 7. The lowest BCUT2D eigenvalue weighted by Gasteiger charge is -2.17. The molecule has 7 nitrogen and oxygen atoms in total. The molecular formula is C69H43N7. The first-order valence-corrected chi connectivity index (χ1v) is 25.8. The van der Waals surface area contributed by atoms with Crippen molar-refractivity contribution in [2.45, 2.75) is 0 Å². The summed E-state index contributed by atoms with van der Waals surface area (Å²) in [4.78, 5) is 15.9. The van der Waals surface area contributed by atoms with Gasteiger partial charge in [0.2, 0.25) is 0 Å². The van der Waals surface area contributed by atoms with Gasteiger partial charge in [0.15, 0.2) is 17.5 Å². The summed E-state index contributed by atoms with van der Waals surface area (Å²) in [6.07, 6.45) is 0. The summed E-state index contributed by atoms with van der Waals surface area (Å²) in [5.41, 5.74) is 15.9. The molecule has 0 saturated carbocycles. The van der Waals surface area contributed by atoms with Crippen molar-refractivity contribution in [1.29, 1.82) is 0 Å². The van der Waals surface area contributed by atoms with Gasteiger partial charge in [0.1, 0.15) is 0 Å². The van der Waals surface area contributed by atoms with Gasteiger partial charge in [0, 0.05) is 82.5 Å². The lowest BCUT2D eigenvalue weighted by molar-refractivity contribution is 1.07. The van der Waals surface area contributed by atoms with E-state index in [2.05, 4.69) is 243 Å². The summed E-state index contributed by atoms with van der Waals surface area (Å²) in [7, 11) is 0. The van der Waals surface area contributed by atoms with Crippen molar-refractivity contribution in [3.63, 3.8) is 0 Å². The van der Waals surface area contributed by atoms with Gasteiger partial charge in [-0.05, 0) is 72.8 Å². The second kappa shape index (κ2) is 16.6. The third-order valence-corrected chi connectivity index (χ3v) is 15.3. The number of hydrogen-bond acceptors (Lipinski definition) is 3. The molecule has 0 aliphatic carbocycles. The molecule has 0 aliphatic rings. The van der Waals surface area contributed by atoms with Gasteiger partial charge < -0.3 is 18.3 Å². The Morgan fingerprint density at radius 1 is 0.211 bits per heavy atom. The summed E-state index contributed by atoms with van der Waals surface area (Å²) in [5, 5.41) is 9.45. The number of benzene rings is 11. The van der Waals surface area contributed by atoms with Gasteiger partial charge in [-0.3, -0.25) is 0 Å². The number of aromatic nitrogens is 7. The molecule has 16 rings (SSSR count). The monoisotopic (exact) mass is 969 g/mol. The van der Waals surface area contributed by atoms with Crippen LogP contribution in [-0.4, -0.2) is 33.2 Å². The van der Waals surface area contributed by atoms with Gasteiger partial charge in [-0.2, -0.15) is 0 Å². The molecule has 11 aromatic carbocycles. The topological polar surface area (TPSA) is 58.4 Å². The highest BCUT2D eigenvalue weighted by Crippen LogP contribution is 2.50. The quantitative estimate of drug-likeness (QED) is 0.160. The normalized spacial score (nSPS) is 11.9. The Hall–Kier alpha value is -10.4. The van der Waals surface area contributed by atoms with Crippen LogP contribution in [-0.2, 0) is 0 Å². The largest absolute Gasteiger partial charge is 0.309 e. The molecule has 5 heterocycles. The van der Waals surface area contributed by atoms with Crippen molar-refractivity contribution < 1.29 is 0 Å². The van der Waals surface area contributed by atoms with Gasteiger partial charge in [-0.15, -0.1) is 0 Å². The zero-order valence-corrected chi connectivity index (χ0v) is 41.0. The van der Waals surface area contributed by atoms with Crippen LogP contribution >= 0.6 is 0 Å². The minimum atomic E-state index is 0.578. The van der Waals surface area contributed by atoms with E-state index in [1.54, 1.807) is 0 Å². The Morgan fingerprint density at radius 2 is 0.487 bits per heavy atom. The maximum Gasteiger partial charge on any atom is 0.164 e. The zero-order valence-electron chi connectivity index (χ0n) is 41.0. The number of fused-ring (bicyclic) bond motifs is 15. The Balaban J connectivity index is 1.13. The smallest absolute Gasteiger partial charge is 0.164 e. The predicted octanol–water partition coefficient (Wildman–Crippen LogP) is 17.3. The number of hydrogen-bond donors (Lipinski definition) is 0. The first kappa shape index (κ1) is 42.2. The van der Waals surface area contributed by atoms with E-state index in [4.69, 9.17) is 15.0 Å². The minimum absolute atomic E-state index is 0.578. The standard InChI is InChI=1S/C69H43N7/c1-5-23-44(24-6-1)67-70-68(45-25-7-2-8-26-45)72-69(71-67)46-41-49(73-56-36-18-13-31-51(56)52-32-14-19-37-57(52)73)43-50(42-46)76-60-40-22-17-35-55(60)63-65-61(53-33-15-20-38-58(53)74(65)47-27-9-3-10-28-47)64-62(66(63)76)54-34-16-21-39-59(54)75(64)48-29-11-4-12-30-48/h1-43H. The Bertz CT molecular complexity index is 4790. The van der Waals surface area contributed by atoms with Crippen molar-refractivity contribution in [2.24, 2.45) is 0 Å². The summed E-state index contributed by atoms with van der Waals surface area (Å²) in [6.45, 7) is 0. The maximum absolute atomic E-state index is 5.38. The van der Waals surface area contributed by atoms with Crippen molar-refractivity contribution in [3.8, 4) is 56.9 Å². The summed E-state index contributed by atoms with van der Waals surface area (Å²) < 4.78 is 9.93. The highest BCUT2D eigenvalue weighted by Gasteiger charge is 2.29. The summed E-state index contributed by atoms with van der Waals surface area (Å²) in [5.74, 6) is 1.79. The Morgan fingerprint density at radius 3 is 0.868 bits per heavy atom. The lowest BCUT2D eigenvalue weighted by atomic mass is 10.0. The predicted molar refractivity (Wildman–Crippen MR) is 313 cm³/mol. The van der Waals surface area contributed by atoms with Crippen LogP contribution in [0.4, 0.5) is 0 Å². The van der Waals surface area contributed by atoms with Crippen molar-refractivity contribution in [1.82, 2.24) is 33.2 Å². The Kier molecular flexibility index (Phi) is 9.20. The van der Waals surface area contributed by atoms with Crippen molar-refractivity contribution >= 4 is 87.2 Å². The van der Waals surface area contributed by atoms with E-state index in [9.17, 15) is 0 Å². The molecule has 76 heavy (non-hydrogen) atoms. The van der Waals surface area contributed by atoms with Gasteiger partial charge in [-0.1, -0.05) is 188 Å². The third kappa shape index (κ3) is 6.20. The molecule has 0 N–H and O–H groups in total. The molecule has 0 amide bonds. The average Bonchev–Trinajstić information content (AvgIpc) is 4.43. The lowest BCUT2D eigenvalue weighted by Crippen LogP contribution is -2.04. The van der Waals surface area contributed by atoms with E-state index in [0.717, 1.165) is 89.0 Å². The van der Waals surface area contributed by atoms with Crippen LogP contribution in [0.3, 0.4) is 0 Å². The first-order chi connectivity index (χ1) is 37.7. The van der Waals surface area contributed by atoms with E-state index >= 15 is 0 Å². The van der Waals surface area contributed by atoms with Crippen molar-refractivity contribution in [2.75, 3.05) is 0 Å². The summed E-state index contributed by atoms with van der Waals surface area (Å²) in [6, 6.07) is 93.4. The molecule has 0 radical (unpaired) electrons. The number of rotatable bonds is 7. The van der Waals surface area contributed by atoms with E-state index in [-0.39, 0.29) is 0 Å². The zero-order chi connectivity index (χ0) is 49.8. The fourth-order valence-corrected chi connectivity index (χ4v) is 12.2. The number of para-hydroxylation sites is 7. The fraction of sp³-hybridized carbons (Fsp3) is 0. The van der Waals surface area contributed by atoms with Gasteiger partial charge in [0.25, 0.3) is 0 Å². The van der Waals surface area contributed by atoms with Crippen LogP contribution < -0.4 is 0 Å². The Labute approximate surface area is 436 Å². The molecule has 0 unspecified atom stereocenters. The SMILES string of the molecule is c1ccc(-c2nc(-c3ccccc3)nc(-c3cc(-n4c5ccccc5c5ccccc54)cc(-n4c5ccccc5c5c6c(c7ccccc7n6-c6ccccc6)c6c(c7ccccc7n6-c6ccccc6)c54)c3)n2)cc1. The van der Waals surface area contributed by atoms with E-state index in [0.29, 0.717) is 17.5 Å². The molecule has 7 heteroatoms. The van der Waals surface area contributed by atoms with E-state index in [1.807, 2.05) is 36.4 Å². The maximum atomic E-state index is 5.38. The molecule has 0 aliphatic heterocycles. The molecule has 0 atom stereocenters. The third-order valence-electron chi connectivity index (χ3n) is 15.3. The van der Waals surface area contributed by atoms with Gasteiger partial charge in [0.05, 0.1) is 44.1 Å². The average molecular weight is 970 g/mol. The highest BCUT2D eigenvalue weighted by atomic mass is 15.1. The van der Waals surface area contributed by atoms with Crippen LogP contribution in [0.2, 0.25) is 0 Å². The fourth-order valence-electron chi connectivity index (χ4n) is 12.2. The molecular weight excluding hydrogens is 927 g/mol. The highest BCUT2D eigenvalue weighted by molar-refractivity contribution is 6.40. The molecule has 0 spiro atoms.